The van der Waals surface area contributed by atoms with Crippen LogP contribution in [-0.4, -0.2) is 69.9 Å². The third-order valence-electron chi connectivity index (χ3n) is 4.30. The van der Waals surface area contributed by atoms with E-state index in [0.717, 1.165) is 0 Å². The minimum Gasteiger partial charge on any atom is -0.480 e. The van der Waals surface area contributed by atoms with E-state index in [0.29, 0.717) is 0 Å². The lowest BCUT2D eigenvalue weighted by Gasteiger charge is -2.26. The average Bonchev–Trinajstić information content (AvgIpc) is 2.62. The van der Waals surface area contributed by atoms with Crippen LogP contribution in [0, 0.1) is 11.8 Å². The maximum absolute atomic E-state index is 12.7. The summed E-state index contributed by atoms with van der Waals surface area (Å²) in [6.07, 6.45) is -0.592. The predicted molar refractivity (Wildman–Crippen MR) is 116 cm³/mol. The number of aliphatic hydroxyl groups is 1. The molecular weight excluding hydrogens is 412 g/mol. The number of aliphatic hydroxyl groups excluding tert-OH is 1. The second-order valence-electron chi connectivity index (χ2n) is 8.23. The first-order valence-corrected chi connectivity index (χ1v) is 10.6. The maximum atomic E-state index is 12.7. The van der Waals surface area contributed by atoms with Crippen molar-refractivity contribution in [2.75, 3.05) is 5.75 Å². The maximum Gasteiger partial charge on any atom is 0.326 e. The fourth-order valence-corrected chi connectivity index (χ4v) is 2.88. The van der Waals surface area contributed by atoms with Crippen molar-refractivity contribution in [1.29, 1.82) is 0 Å². The van der Waals surface area contributed by atoms with Crippen molar-refractivity contribution in [3.8, 4) is 0 Å². The van der Waals surface area contributed by atoms with Gasteiger partial charge in [0.2, 0.25) is 17.7 Å². The van der Waals surface area contributed by atoms with E-state index in [9.17, 15) is 29.4 Å². The zero-order valence-electron chi connectivity index (χ0n) is 18.2. The zero-order valence-corrected chi connectivity index (χ0v) is 19.1. The van der Waals surface area contributed by atoms with Crippen LogP contribution in [0.1, 0.15) is 47.5 Å². The molecule has 5 unspecified atom stereocenters. The second-order valence-corrected chi connectivity index (χ2v) is 8.59. The molecule has 0 saturated carbocycles. The molecule has 10 nitrogen and oxygen atoms in total. The Morgan fingerprint density at radius 2 is 1.20 bits per heavy atom. The van der Waals surface area contributed by atoms with Crippen molar-refractivity contribution < 1.29 is 29.4 Å². The summed E-state index contributed by atoms with van der Waals surface area (Å²) in [5.41, 5.74) is 5.61. The van der Waals surface area contributed by atoms with E-state index in [1.54, 1.807) is 0 Å². The summed E-state index contributed by atoms with van der Waals surface area (Å²) in [5.74, 6) is -3.16. The van der Waals surface area contributed by atoms with Crippen LogP contribution < -0.4 is 21.7 Å². The van der Waals surface area contributed by atoms with E-state index in [4.69, 9.17) is 5.73 Å². The lowest BCUT2D eigenvalue weighted by molar-refractivity contribution is -0.142. The Morgan fingerprint density at radius 3 is 1.60 bits per heavy atom. The Bertz CT molecular complexity index is 600. The van der Waals surface area contributed by atoms with Gasteiger partial charge in [0.25, 0.3) is 0 Å². The lowest BCUT2D eigenvalue weighted by atomic mass is 10.0. The van der Waals surface area contributed by atoms with Gasteiger partial charge in [-0.25, -0.2) is 4.79 Å². The molecule has 0 heterocycles. The number of amides is 3. The van der Waals surface area contributed by atoms with E-state index in [-0.39, 0.29) is 30.4 Å². The molecule has 0 spiro atoms. The number of carboxylic acids is 1. The molecule has 0 aromatic rings. The van der Waals surface area contributed by atoms with Gasteiger partial charge in [0.15, 0.2) is 0 Å². The molecule has 0 aliphatic carbocycles. The first-order valence-electron chi connectivity index (χ1n) is 9.98. The number of rotatable bonds is 13. The number of nitrogens with two attached hydrogens (primary N) is 1. The van der Waals surface area contributed by atoms with Crippen molar-refractivity contribution in [2.24, 2.45) is 17.6 Å². The lowest BCUT2D eigenvalue weighted by Crippen LogP contribution is -2.58. The molecule has 0 bridgehead atoms. The Morgan fingerprint density at radius 1 is 0.800 bits per heavy atom. The average molecular weight is 449 g/mol. The smallest absolute Gasteiger partial charge is 0.326 e. The monoisotopic (exact) mass is 448 g/mol. The molecule has 5 atom stereocenters. The summed E-state index contributed by atoms with van der Waals surface area (Å²) in [5, 5.41) is 26.2. The van der Waals surface area contributed by atoms with Gasteiger partial charge in [-0.1, -0.05) is 27.7 Å². The highest BCUT2D eigenvalue weighted by Gasteiger charge is 2.31. The van der Waals surface area contributed by atoms with E-state index in [2.05, 4.69) is 28.6 Å². The predicted octanol–water partition coefficient (Wildman–Crippen LogP) is -0.744. The molecule has 0 aliphatic heterocycles. The molecule has 0 fully saturated rings. The third-order valence-corrected chi connectivity index (χ3v) is 4.66. The normalized spacial score (nSPS) is 16.3. The van der Waals surface area contributed by atoms with Gasteiger partial charge in [-0.15, -0.1) is 0 Å². The Balaban J connectivity index is 5.24. The van der Waals surface area contributed by atoms with Crippen LogP contribution in [0.2, 0.25) is 0 Å². The van der Waals surface area contributed by atoms with Gasteiger partial charge in [0, 0.05) is 5.75 Å². The van der Waals surface area contributed by atoms with E-state index in [1.165, 1.54) is 6.92 Å². The largest absolute Gasteiger partial charge is 0.480 e. The molecule has 0 radical (unpaired) electrons. The van der Waals surface area contributed by atoms with Crippen molar-refractivity contribution in [3.05, 3.63) is 0 Å². The van der Waals surface area contributed by atoms with Crippen LogP contribution in [0.5, 0.6) is 0 Å². The molecule has 7 N–H and O–H groups in total. The minimum atomic E-state index is -1.20. The van der Waals surface area contributed by atoms with Gasteiger partial charge in [-0.3, -0.25) is 14.4 Å². The number of aliphatic carboxylic acids is 1. The van der Waals surface area contributed by atoms with Crippen molar-refractivity contribution >= 4 is 36.3 Å². The van der Waals surface area contributed by atoms with Crippen LogP contribution in [0.15, 0.2) is 0 Å². The summed E-state index contributed by atoms with van der Waals surface area (Å²) < 4.78 is 0. The van der Waals surface area contributed by atoms with Gasteiger partial charge in [-0.05, 0) is 31.6 Å². The molecule has 0 rings (SSSR count). The Kier molecular flexibility index (Phi) is 12.6. The molecule has 174 valence electrons. The molecule has 11 heteroatoms. The zero-order chi connectivity index (χ0) is 23.6. The van der Waals surface area contributed by atoms with Gasteiger partial charge in [0.05, 0.1) is 6.10 Å². The van der Waals surface area contributed by atoms with Gasteiger partial charge in [0.1, 0.15) is 24.2 Å². The number of carbonyl (C=O) groups is 4. The molecule has 30 heavy (non-hydrogen) atoms. The standard InChI is InChI=1S/C19H36N4O6S/c1-9(2)6-12(21-18(27)15(20)11(5)24)16(25)23-14(8-30)17(26)22-13(19(28)29)7-10(3)4/h9-15,24,30H,6-8,20H2,1-5H3,(H,21,27)(H,22,26)(H,23,25)(H,28,29). The summed E-state index contributed by atoms with van der Waals surface area (Å²) in [7, 11) is 0. The number of thiol groups is 1. The molecule has 0 aliphatic rings. The summed E-state index contributed by atoms with van der Waals surface area (Å²) in [4.78, 5) is 48.7. The number of carboxylic acid groups (broad SMARTS) is 1. The fourth-order valence-electron chi connectivity index (χ4n) is 2.62. The molecule has 0 aromatic carbocycles. The van der Waals surface area contributed by atoms with Crippen LogP contribution in [0.25, 0.3) is 0 Å². The molecule has 0 aromatic heterocycles. The molecular formula is C19H36N4O6S. The molecule has 3 amide bonds. The van der Waals surface area contributed by atoms with Crippen LogP contribution in [0.4, 0.5) is 0 Å². The number of carbonyl (C=O) groups excluding carboxylic acids is 3. The number of hydrogen-bond donors (Lipinski definition) is 7. The van der Waals surface area contributed by atoms with Crippen LogP contribution in [0.3, 0.4) is 0 Å². The van der Waals surface area contributed by atoms with E-state index < -0.39 is 54.0 Å². The fraction of sp³-hybridized carbons (Fsp3) is 0.789. The van der Waals surface area contributed by atoms with E-state index >= 15 is 0 Å². The molecule has 0 saturated heterocycles. The van der Waals surface area contributed by atoms with E-state index in [1.807, 2.05) is 27.7 Å². The van der Waals surface area contributed by atoms with Crippen LogP contribution in [-0.2, 0) is 19.2 Å². The van der Waals surface area contributed by atoms with Crippen molar-refractivity contribution in [3.63, 3.8) is 0 Å². The minimum absolute atomic E-state index is 0.0366. The SMILES string of the molecule is CC(C)CC(NC(=O)C(CS)NC(=O)C(CC(C)C)NC(=O)C(N)C(C)O)C(=O)O. The third kappa shape index (κ3) is 10.3. The topological polar surface area (TPSA) is 171 Å². The first-order chi connectivity index (χ1) is 13.8. The van der Waals surface area contributed by atoms with Gasteiger partial charge >= 0.3 is 5.97 Å². The number of nitrogens with one attached hydrogen (secondary N) is 3. The summed E-state index contributed by atoms with van der Waals surface area (Å²) in [6.45, 7) is 8.73. The summed E-state index contributed by atoms with van der Waals surface area (Å²) >= 11 is 4.08. The Labute approximate surface area is 183 Å². The van der Waals surface area contributed by atoms with Gasteiger partial charge in [-0.2, -0.15) is 12.6 Å². The van der Waals surface area contributed by atoms with Crippen molar-refractivity contribution in [2.45, 2.75) is 77.7 Å². The second kappa shape index (κ2) is 13.5. The first kappa shape index (κ1) is 28.1. The highest BCUT2D eigenvalue weighted by Crippen LogP contribution is 2.08. The highest BCUT2D eigenvalue weighted by atomic mass is 32.1. The summed E-state index contributed by atoms with van der Waals surface area (Å²) in [6, 6.07) is -4.37. The quantitative estimate of drug-likeness (QED) is 0.182. The number of hydrogen-bond acceptors (Lipinski definition) is 7. The Hall–Kier alpha value is -1.85. The van der Waals surface area contributed by atoms with Gasteiger partial charge < -0.3 is 31.9 Å². The highest BCUT2D eigenvalue weighted by molar-refractivity contribution is 7.80. The van der Waals surface area contributed by atoms with Crippen molar-refractivity contribution in [1.82, 2.24) is 16.0 Å². The van der Waals surface area contributed by atoms with Crippen LogP contribution >= 0.6 is 12.6 Å².